The normalized spacial score (nSPS) is 33.0. The Morgan fingerprint density at radius 1 is 1.64 bits per heavy atom. The summed E-state index contributed by atoms with van der Waals surface area (Å²) in [7, 11) is 1.75. The molecule has 1 aliphatic rings. The smallest absolute Gasteiger partial charge is 0.0636 e. The molecule has 0 aromatic carbocycles. The largest absolute Gasteiger partial charge is 0.392 e. The first kappa shape index (κ1) is 8.97. The highest BCUT2D eigenvalue weighted by Crippen LogP contribution is 2.22. The van der Waals surface area contributed by atoms with E-state index in [4.69, 9.17) is 9.84 Å². The number of rotatable bonds is 4. The maximum atomic E-state index is 8.95. The van der Waals surface area contributed by atoms with Gasteiger partial charge in [-0.25, -0.2) is 0 Å². The molecule has 1 atom stereocenters. The molecule has 66 valence electrons. The molecule has 0 radical (unpaired) electrons. The van der Waals surface area contributed by atoms with Crippen LogP contribution in [-0.4, -0.2) is 37.0 Å². The lowest BCUT2D eigenvalue weighted by Gasteiger charge is -2.35. The quantitative estimate of drug-likeness (QED) is 0.613. The Bertz CT molecular complexity index is 111. The predicted molar refractivity (Wildman–Crippen MR) is 43.5 cm³/mol. The molecule has 1 saturated carbocycles. The number of ether oxygens (including phenoxy) is 1. The Morgan fingerprint density at radius 2 is 2.27 bits per heavy atom. The summed E-state index contributed by atoms with van der Waals surface area (Å²) in [4.78, 5) is 0. The van der Waals surface area contributed by atoms with E-state index in [1.54, 1.807) is 14.0 Å². The van der Waals surface area contributed by atoms with Gasteiger partial charge < -0.3 is 15.2 Å². The number of methoxy groups -OCH3 is 1. The van der Waals surface area contributed by atoms with Gasteiger partial charge in [-0.1, -0.05) is 0 Å². The van der Waals surface area contributed by atoms with Crippen LogP contribution in [0.3, 0.4) is 0 Å². The van der Waals surface area contributed by atoms with E-state index in [0.29, 0.717) is 18.7 Å². The first-order valence-electron chi connectivity index (χ1n) is 4.16. The molecule has 2 N–H and O–H groups in total. The first-order valence-corrected chi connectivity index (χ1v) is 4.16. The van der Waals surface area contributed by atoms with Crippen LogP contribution in [0.25, 0.3) is 0 Å². The fourth-order valence-electron chi connectivity index (χ4n) is 1.26. The molecular formula is C8H17NO2. The van der Waals surface area contributed by atoms with Gasteiger partial charge in [-0.2, -0.15) is 0 Å². The fraction of sp³-hybridized carbons (Fsp3) is 1.00. The maximum Gasteiger partial charge on any atom is 0.0636 e. The number of aliphatic hydroxyl groups excluding tert-OH is 1. The van der Waals surface area contributed by atoms with Crippen LogP contribution in [-0.2, 0) is 4.74 Å². The molecule has 0 aliphatic heterocycles. The van der Waals surface area contributed by atoms with Crippen LogP contribution >= 0.6 is 0 Å². The standard InChI is InChI=1S/C8H17NO2/c1-6(10)5-9-7-3-8(4-7)11-2/h6-10H,3-5H2,1-2H3/t6-,7?,8?/m0/s1. The zero-order valence-corrected chi connectivity index (χ0v) is 7.21. The average molecular weight is 159 g/mol. The van der Waals surface area contributed by atoms with E-state index in [1.807, 2.05) is 0 Å². The van der Waals surface area contributed by atoms with Gasteiger partial charge in [0.2, 0.25) is 0 Å². The van der Waals surface area contributed by atoms with Gasteiger partial charge >= 0.3 is 0 Å². The topological polar surface area (TPSA) is 41.5 Å². The Balaban J connectivity index is 1.96. The third kappa shape index (κ3) is 2.77. The highest BCUT2D eigenvalue weighted by Gasteiger charge is 2.28. The van der Waals surface area contributed by atoms with E-state index >= 15 is 0 Å². The molecule has 0 amide bonds. The number of aliphatic hydroxyl groups is 1. The molecule has 3 nitrogen and oxygen atoms in total. The third-order valence-electron chi connectivity index (χ3n) is 2.13. The van der Waals surface area contributed by atoms with E-state index in [9.17, 15) is 0 Å². The van der Waals surface area contributed by atoms with Gasteiger partial charge in [0.05, 0.1) is 12.2 Å². The Labute approximate surface area is 67.7 Å². The Hall–Kier alpha value is -0.120. The zero-order chi connectivity index (χ0) is 8.27. The van der Waals surface area contributed by atoms with Crippen molar-refractivity contribution in [3.63, 3.8) is 0 Å². The summed E-state index contributed by atoms with van der Waals surface area (Å²) in [6, 6.07) is 0.564. The lowest BCUT2D eigenvalue weighted by atomic mass is 9.89. The van der Waals surface area contributed by atoms with Gasteiger partial charge in [-0.15, -0.1) is 0 Å². The summed E-state index contributed by atoms with van der Waals surface area (Å²) < 4.78 is 5.12. The summed E-state index contributed by atoms with van der Waals surface area (Å²) >= 11 is 0. The summed E-state index contributed by atoms with van der Waals surface area (Å²) in [5, 5.41) is 12.2. The van der Waals surface area contributed by atoms with Crippen molar-refractivity contribution < 1.29 is 9.84 Å². The summed E-state index contributed by atoms with van der Waals surface area (Å²) in [5.41, 5.74) is 0. The van der Waals surface area contributed by atoms with Crippen molar-refractivity contribution in [3.05, 3.63) is 0 Å². The molecule has 0 spiro atoms. The van der Waals surface area contributed by atoms with Crippen molar-refractivity contribution in [2.45, 2.75) is 38.0 Å². The average Bonchev–Trinajstić information content (AvgIpc) is 1.84. The van der Waals surface area contributed by atoms with E-state index in [1.165, 1.54) is 0 Å². The van der Waals surface area contributed by atoms with E-state index < -0.39 is 0 Å². The van der Waals surface area contributed by atoms with Crippen molar-refractivity contribution in [2.24, 2.45) is 0 Å². The van der Waals surface area contributed by atoms with Crippen molar-refractivity contribution in [1.82, 2.24) is 5.32 Å². The summed E-state index contributed by atoms with van der Waals surface area (Å²) in [6.45, 7) is 2.49. The number of hydrogen-bond donors (Lipinski definition) is 2. The molecule has 1 rings (SSSR count). The van der Waals surface area contributed by atoms with Crippen molar-refractivity contribution in [2.75, 3.05) is 13.7 Å². The Morgan fingerprint density at radius 3 is 2.73 bits per heavy atom. The third-order valence-corrected chi connectivity index (χ3v) is 2.13. The highest BCUT2D eigenvalue weighted by atomic mass is 16.5. The predicted octanol–water partition coefficient (Wildman–Crippen LogP) is 0.134. The highest BCUT2D eigenvalue weighted by molar-refractivity contribution is 4.85. The summed E-state index contributed by atoms with van der Waals surface area (Å²) in [5.74, 6) is 0. The van der Waals surface area contributed by atoms with Gasteiger partial charge in [0.15, 0.2) is 0 Å². The summed E-state index contributed by atoms with van der Waals surface area (Å²) in [6.07, 6.45) is 2.38. The number of hydrogen-bond acceptors (Lipinski definition) is 3. The molecule has 0 heterocycles. The van der Waals surface area contributed by atoms with Crippen LogP contribution in [0.2, 0.25) is 0 Å². The van der Waals surface area contributed by atoms with Gasteiger partial charge in [0.1, 0.15) is 0 Å². The molecule has 3 heteroatoms. The molecule has 0 bridgehead atoms. The van der Waals surface area contributed by atoms with E-state index in [-0.39, 0.29) is 6.10 Å². The second kappa shape index (κ2) is 4.04. The van der Waals surface area contributed by atoms with Crippen LogP contribution in [0, 0.1) is 0 Å². The second-order valence-corrected chi connectivity index (χ2v) is 3.28. The van der Waals surface area contributed by atoms with Crippen LogP contribution < -0.4 is 5.32 Å². The van der Waals surface area contributed by atoms with Gasteiger partial charge in [-0.05, 0) is 19.8 Å². The fourth-order valence-corrected chi connectivity index (χ4v) is 1.26. The molecule has 0 unspecified atom stereocenters. The minimum atomic E-state index is -0.239. The minimum absolute atomic E-state index is 0.239. The second-order valence-electron chi connectivity index (χ2n) is 3.28. The van der Waals surface area contributed by atoms with E-state index in [0.717, 1.165) is 12.8 Å². The number of nitrogens with one attached hydrogen (secondary N) is 1. The molecular weight excluding hydrogens is 142 g/mol. The minimum Gasteiger partial charge on any atom is -0.392 e. The lowest BCUT2D eigenvalue weighted by molar-refractivity contribution is 0.0144. The van der Waals surface area contributed by atoms with Crippen molar-refractivity contribution >= 4 is 0 Å². The van der Waals surface area contributed by atoms with E-state index in [2.05, 4.69) is 5.32 Å². The molecule has 1 fully saturated rings. The maximum absolute atomic E-state index is 8.95. The molecule has 0 saturated heterocycles. The van der Waals surface area contributed by atoms with Gasteiger partial charge in [0.25, 0.3) is 0 Å². The van der Waals surface area contributed by atoms with Crippen LogP contribution in [0.15, 0.2) is 0 Å². The molecule has 1 aliphatic carbocycles. The molecule has 11 heavy (non-hydrogen) atoms. The van der Waals surface area contributed by atoms with Crippen molar-refractivity contribution in [1.29, 1.82) is 0 Å². The SMILES string of the molecule is COC1CC(NC[C@H](C)O)C1. The van der Waals surface area contributed by atoms with Crippen LogP contribution in [0.5, 0.6) is 0 Å². The van der Waals surface area contributed by atoms with Gasteiger partial charge in [-0.3, -0.25) is 0 Å². The Kier molecular flexibility index (Phi) is 3.30. The molecule has 0 aromatic rings. The molecule has 0 aromatic heterocycles. The lowest BCUT2D eigenvalue weighted by Crippen LogP contribution is -2.46. The van der Waals surface area contributed by atoms with Crippen molar-refractivity contribution in [3.8, 4) is 0 Å². The van der Waals surface area contributed by atoms with Crippen LogP contribution in [0.1, 0.15) is 19.8 Å². The van der Waals surface area contributed by atoms with Crippen LogP contribution in [0.4, 0.5) is 0 Å². The van der Waals surface area contributed by atoms with Gasteiger partial charge in [0, 0.05) is 19.7 Å². The zero-order valence-electron chi connectivity index (χ0n) is 7.21. The monoisotopic (exact) mass is 159 g/mol. The first-order chi connectivity index (χ1) is 5.22.